The van der Waals surface area contributed by atoms with Crippen LogP contribution in [0.15, 0.2) is 0 Å². The molecule has 0 saturated carbocycles. The lowest BCUT2D eigenvalue weighted by Gasteiger charge is -2.29. The van der Waals surface area contributed by atoms with Crippen LogP contribution in [0.5, 0.6) is 0 Å². The van der Waals surface area contributed by atoms with Crippen LogP contribution in [0.25, 0.3) is 0 Å². The van der Waals surface area contributed by atoms with Gasteiger partial charge in [0, 0.05) is 12.6 Å². The highest BCUT2D eigenvalue weighted by Crippen LogP contribution is 2.29. The number of ether oxygens (including phenoxy) is 1. The molecule has 2 unspecified atom stereocenters. The molecule has 0 amide bonds. The van der Waals surface area contributed by atoms with Crippen molar-refractivity contribution in [2.75, 3.05) is 19.7 Å². The minimum Gasteiger partial charge on any atom is -0.375 e. The van der Waals surface area contributed by atoms with E-state index in [1.54, 1.807) is 0 Å². The molecule has 0 aromatic rings. The van der Waals surface area contributed by atoms with Gasteiger partial charge in [-0.15, -0.1) is 0 Å². The Bertz CT molecular complexity index is 185. The predicted molar refractivity (Wildman–Crippen MR) is 53.8 cm³/mol. The first-order valence-corrected chi connectivity index (χ1v) is 5.40. The molecular weight excluding hydrogens is 162 g/mol. The van der Waals surface area contributed by atoms with Crippen molar-refractivity contribution in [3.63, 3.8) is 0 Å². The SMILES string of the molecule is CC(C)(C)CCN1CC2CC1CO2. The topological polar surface area (TPSA) is 12.5 Å². The molecule has 0 spiro atoms. The van der Waals surface area contributed by atoms with Gasteiger partial charge in [-0.3, -0.25) is 4.90 Å². The smallest absolute Gasteiger partial charge is 0.0718 e. The summed E-state index contributed by atoms with van der Waals surface area (Å²) in [4.78, 5) is 2.61. The lowest BCUT2D eigenvalue weighted by atomic mass is 9.92. The lowest BCUT2D eigenvalue weighted by Crippen LogP contribution is -2.38. The first kappa shape index (κ1) is 9.47. The van der Waals surface area contributed by atoms with E-state index < -0.39 is 0 Å². The van der Waals surface area contributed by atoms with Crippen LogP contribution in [0.2, 0.25) is 0 Å². The summed E-state index contributed by atoms with van der Waals surface area (Å²) in [5, 5.41) is 0. The minimum absolute atomic E-state index is 0.475. The monoisotopic (exact) mass is 183 g/mol. The fourth-order valence-electron chi connectivity index (χ4n) is 2.23. The number of hydrogen-bond donors (Lipinski definition) is 0. The molecule has 0 aromatic carbocycles. The number of fused-ring (bicyclic) bond motifs is 2. The Morgan fingerprint density at radius 3 is 2.62 bits per heavy atom. The Morgan fingerprint density at radius 1 is 1.38 bits per heavy atom. The van der Waals surface area contributed by atoms with Crippen molar-refractivity contribution >= 4 is 0 Å². The quantitative estimate of drug-likeness (QED) is 0.648. The maximum atomic E-state index is 5.57. The Labute approximate surface area is 81.3 Å². The van der Waals surface area contributed by atoms with Crippen molar-refractivity contribution in [3.8, 4) is 0 Å². The van der Waals surface area contributed by atoms with Crippen LogP contribution in [-0.2, 0) is 4.74 Å². The van der Waals surface area contributed by atoms with Gasteiger partial charge in [0.25, 0.3) is 0 Å². The van der Waals surface area contributed by atoms with E-state index in [1.165, 1.54) is 25.9 Å². The number of hydrogen-bond acceptors (Lipinski definition) is 2. The standard InChI is InChI=1S/C11H21NO/c1-11(2,3)4-5-12-7-10-6-9(12)8-13-10/h9-10H,4-8H2,1-3H3. The molecule has 0 aliphatic carbocycles. The molecule has 0 radical (unpaired) electrons. The van der Waals surface area contributed by atoms with Crippen molar-refractivity contribution in [2.24, 2.45) is 5.41 Å². The Morgan fingerprint density at radius 2 is 2.15 bits per heavy atom. The van der Waals surface area contributed by atoms with Crippen molar-refractivity contribution in [1.29, 1.82) is 0 Å². The van der Waals surface area contributed by atoms with E-state index in [2.05, 4.69) is 25.7 Å². The van der Waals surface area contributed by atoms with Gasteiger partial charge in [-0.1, -0.05) is 20.8 Å². The normalized spacial score (nSPS) is 34.4. The molecule has 2 fully saturated rings. The Balaban J connectivity index is 1.78. The van der Waals surface area contributed by atoms with Gasteiger partial charge in [0.15, 0.2) is 0 Å². The molecule has 13 heavy (non-hydrogen) atoms. The highest BCUT2D eigenvalue weighted by Gasteiger charge is 2.38. The molecule has 76 valence electrons. The lowest BCUT2D eigenvalue weighted by molar-refractivity contribution is 0.0267. The van der Waals surface area contributed by atoms with Crippen LogP contribution in [0.1, 0.15) is 33.6 Å². The van der Waals surface area contributed by atoms with Gasteiger partial charge < -0.3 is 4.74 Å². The zero-order chi connectivity index (χ0) is 9.47. The Kier molecular flexibility index (Phi) is 2.37. The molecule has 2 aliphatic rings. The first-order valence-electron chi connectivity index (χ1n) is 5.40. The highest BCUT2D eigenvalue weighted by atomic mass is 16.5. The van der Waals surface area contributed by atoms with Crippen molar-refractivity contribution in [2.45, 2.75) is 45.8 Å². The van der Waals surface area contributed by atoms with Gasteiger partial charge in [0.05, 0.1) is 12.7 Å². The largest absolute Gasteiger partial charge is 0.375 e. The molecule has 2 heterocycles. The summed E-state index contributed by atoms with van der Waals surface area (Å²) in [6.07, 6.45) is 3.14. The van der Waals surface area contributed by atoms with E-state index in [0.29, 0.717) is 11.5 Å². The zero-order valence-electron chi connectivity index (χ0n) is 9.05. The minimum atomic E-state index is 0.475. The average Bonchev–Trinajstić information content (AvgIpc) is 2.58. The second kappa shape index (κ2) is 3.25. The number of likely N-dealkylation sites (tertiary alicyclic amines) is 1. The number of rotatable bonds is 2. The van der Waals surface area contributed by atoms with Crippen molar-refractivity contribution in [1.82, 2.24) is 4.90 Å². The van der Waals surface area contributed by atoms with Gasteiger partial charge in [-0.25, -0.2) is 0 Å². The molecule has 2 atom stereocenters. The third kappa shape index (κ3) is 2.23. The summed E-state index contributed by atoms with van der Waals surface area (Å²) in [6, 6.07) is 0.743. The molecule has 2 heteroatoms. The van der Waals surface area contributed by atoms with E-state index in [4.69, 9.17) is 4.74 Å². The maximum Gasteiger partial charge on any atom is 0.0718 e. The summed E-state index contributed by atoms with van der Waals surface area (Å²) in [6.45, 7) is 10.4. The second-order valence-corrected chi connectivity index (χ2v) is 5.65. The molecule has 2 bridgehead atoms. The highest BCUT2D eigenvalue weighted by molar-refractivity contribution is 4.91. The van der Waals surface area contributed by atoms with Crippen LogP contribution in [0, 0.1) is 5.41 Å². The van der Waals surface area contributed by atoms with E-state index in [-0.39, 0.29) is 0 Å². The van der Waals surface area contributed by atoms with Crippen LogP contribution >= 0.6 is 0 Å². The van der Waals surface area contributed by atoms with E-state index in [9.17, 15) is 0 Å². The molecule has 0 aromatic heterocycles. The summed E-state index contributed by atoms with van der Waals surface area (Å²) in [7, 11) is 0. The molecule has 2 nitrogen and oxygen atoms in total. The second-order valence-electron chi connectivity index (χ2n) is 5.65. The first-order chi connectivity index (χ1) is 6.04. The van der Waals surface area contributed by atoms with Crippen molar-refractivity contribution < 1.29 is 4.74 Å². The zero-order valence-corrected chi connectivity index (χ0v) is 9.05. The van der Waals surface area contributed by atoms with Gasteiger partial charge in [0.2, 0.25) is 0 Å². The van der Waals surface area contributed by atoms with Crippen molar-refractivity contribution in [3.05, 3.63) is 0 Å². The fourth-order valence-corrected chi connectivity index (χ4v) is 2.23. The number of nitrogens with zero attached hydrogens (tertiary/aromatic N) is 1. The molecule has 2 saturated heterocycles. The van der Waals surface area contributed by atoms with Gasteiger partial charge >= 0.3 is 0 Å². The molecule has 2 rings (SSSR count). The van der Waals surface area contributed by atoms with Crippen LogP contribution in [0.3, 0.4) is 0 Å². The van der Waals surface area contributed by atoms with E-state index in [1.807, 2.05) is 0 Å². The average molecular weight is 183 g/mol. The summed E-state index contributed by atoms with van der Waals surface area (Å²) in [5.74, 6) is 0. The van der Waals surface area contributed by atoms with Gasteiger partial charge in [0.1, 0.15) is 0 Å². The summed E-state index contributed by atoms with van der Waals surface area (Å²) < 4.78 is 5.57. The third-order valence-electron chi connectivity index (χ3n) is 3.16. The predicted octanol–water partition coefficient (Wildman–Crippen LogP) is 1.90. The van der Waals surface area contributed by atoms with Gasteiger partial charge in [-0.2, -0.15) is 0 Å². The molecular formula is C11H21NO. The number of morpholine rings is 1. The van der Waals surface area contributed by atoms with E-state index >= 15 is 0 Å². The van der Waals surface area contributed by atoms with Crippen LogP contribution in [0.4, 0.5) is 0 Å². The summed E-state index contributed by atoms with van der Waals surface area (Å²) in [5.41, 5.74) is 0.475. The molecule has 0 N–H and O–H groups in total. The summed E-state index contributed by atoms with van der Waals surface area (Å²) >= 11 is 0. The maximum absolute atomic E-state index is 5.57. The van der Waals surface area contributed by atoms with Gasteiger partial charge in [-0.05, 0) is 24.8 Å². The molecule has 2 aliphatic heterocycles. The fraction of sp³-hybridized carbons (Fsp3) is 1.00. The van der Waals surface area contributed by atoms with Crippen LogP contribution in [-0.4, -0.2) is 36.7 Å². The van der Waals surface area contributed by atoms with Crippen LogP contribution < -0.4 is 0 Å². The third-order valence-corrected chi connectivity index (χ3v) is 3.16. The van der Waals surface area contributed by atoms with E-state index in [0.717, 1.165) is 12.6 Å². The Hall–Kier alpha value is -0.0800.